The molecule has 5 heteroatoms. The fourth-order valence-electron chi connectivity index (χ4n) is 1.94. The Balaban J connectivity index is 2.37. The number of nitrogens with zero attached hydrogens (tertiary/aromatic N) is 2. The molecule has 4 nitrogen and oxygen atoms in total. The van der Waals surface area contributed by atoms with Crippen molar-refractivity contribution in [1.29, 1.82) is 0 Å². The van der Waals surface area contributed by atoms with Crippen LogP contribution < -0.4 is 10.9 Å². The summed E-state index contributed by atoms with van der Waals surface area (Å²) >= 11 is 2.07. The number of nitrogens with one attached hydrogen (secondary N) is 1. The van der Waals surface area contributed by atoms with Crippen LogP contribution in [0.25, 0.3) is 0 Å². The smallest absolute Gasteiger partial charge is 0.267 e. The quantitative estimate of drug-likeness (QED) is 0.560. The molecule has 0 amide bonds. The highest BCUT2D eigenvalue weighted by Gasteiger charge is 2.05. The van der Waals surface area contributed by atoms with Crippen LogP contribution in [0.15, 0.2) is 11.1 Å². The fourth-order valence-corrected chi connectivity index (χ4v) is 2.39. The van der Waals surface area contributed by atoms with Gasteiger partial charge in [-0.1, -0.05) is 26.2 Å². The van der Waals surface area contributed by atoms with Crippen LogP contribution in [0.5, 0.6) is 0 Å². The number of aromatic nitrogens is 2. The third-order valence-electron chi connectivity index (χ3n) is 3.24. The number of aryl methyl sites for hydroxylation is 1. The molecule has 1 N–H and O–H groups in total. The van der Waals surface area contributed by atoms with Crippen LogP contribution >= 0.6 is 22.6 Å². The van der Waals surface area contributed by atoms with Crippen LogP contribution in [-0.4, -0.2) is 22.1 Å². The lowest BCUT2D eigenvalue weighted by Gasteiger charge is -2.14. The molecule has 0 aromatic carbocycles. The van der Waals surface area contributed by atoms with Gasteiger partial charge >= 0.3 is 0 Å². The van der Waals surface area contributed by atoms with Gasteiger partial charge in [0.15, 0.2) is 0 Å². The van der Waals surface area contributed by atoms with Crippen molar-refractivity contribution in [3.8, 4) is 0 Å². The van der Waals surface area contributed by atoms with E-state index in [-0.39, 0.29) is 5.56 Å². The maximum Gasteiger partial charge on any atom is 0.267 e. The number of hydrogen-bond acceptors (Lipinski definition) is 3. The van der Waals surface area contributed by atoms with E-state index in [4.69, 9.17) is 0 Å². The molecule has 1 rings (SSSR count). The molecule has 0 saturated heterocycles. The van der Waals surface area contributed by atoms with Gasteiger partial charge in [0.1, 0.15) is 0 Å². The summed E-state index contributed by atoms with van der Waals surface area (Å²) in [5, 5.41) is 3.46. The van der Waals surface area contributed by atoms with Gasteiger partial charge < -0.3 is 5.32 Å². The van der Waals surface area contributed by atoms with Crippen LogP contribution in [0.3, 0.4) is 0 Å². The first-order valence-corrected chi connectivity index (χ1v) is 8.09. The molecular weight excluding hydrogens is 353 g/mol. The molecule has 108 valence electrons. The summed E-state index contributed by atoms with van der Waals surface area (Å²) in [6.45, 7) is 7.78. The lowest BCUT2D eigenvalue weighted by molar-refractivity contribution is 0.465. The molecule has 0 fully saturated rings. The summed E-state index contributed by atoms with van der Waals surface area (Å²) in [4.78, 5) is 16.2. The highest BCUT2D eigenvalue weighted by atomic mass is 127. The van der Waals surface area contributed by atoms with Gasteiger partial charge in [0.2, 0.25) is 0 Å². The van der Waals surface area contributed by atoms with Gasteiger partial charge in [-0.15, -0.1) is 0 Å². The first-order valence-electron chi connectivity index (χ1n) is 7.01. The summed E-state index contributed by atoms with van der Waals surface area (Å²) in [5.41, 5.74) is 0.872. The standard InChI is InChI=1S/C14H24IN3O/c1-4-5-6-7-11(2)16-8-9-18-10-17-12(3)13(15)14(18)19/h10-11,16H,4-9H2,1-3H3. The van der Waals surface area contributed by atoms with E-state index in [2.05, 4.69) is 46.7 Å². The molecule has 1 atom stereocenters. The van der Waals surface area contributed by atoms with Gasteiger partial charge in [-0.25, -0.2) is 4.98 Å². The van der Waals surface area contributed by atoms with E-state index < -0.39 is 0 Å². The van der Waals surface area contributed by atoms with Gasteiger partial charge in [0.25, 0.3) is 5.56 Å². The fraction of sp³-hybridized carbons (Fsp3) is 0.714. The van der Waals surface area contributed by atoms with Gasteiger partial charge in [0.05, 0.1) is 15.6 Å². The van der Waals surface area contributed by atoms with Crippen LogP contribution in [0, 0.1) is 10.5 Å². The van der Waals surface area contributed by atoms with Crippen LogP contribution in [-0.2, 0) is 6.54 Å². The zero-order chi connectivity index (χ0) is 14.3. The number of unbranched alkanes of at least 4 members (excludes halogenated alkanes) is 2. The Hall–Kier alpha value is -0.430. The van der Waals surface area contributed by atoms with Crippen molar-refractivity contribution in [2.45, 2.75) is 59.0 Å². The molecule has 0 radical (unpaired) electrons. The van der Waals surface area contributed by atoms with Crippen molar-refractivity contribution in [1.82, 2.24) is 14.9 Å². The molecule has 1 aromatic rings. The third-order valence-corrected chi connectivity index (χ3v) is 4.49. The van der Waals surface area contributed by atoms with E-state index in [1.165, 1.54) is 25.7 Å². The second-order valence-corrected chi connectivity index (χ2v) is 6.07. The summed E-state index contributed by atoms with van der Waals surface area (Å²) in [6.07, 6.45) is 6.67. The lowest BCUT2D eigenvalue weighted by Crippen LogP contribution is -2.33. The van der Waals surface area contributed by atoms with Crippen molar-refractivity contribution in [2.75, 3.05) is 6.54 Å². The number of hydrogen-bond donors (Lipinski definition) is 1. The minimum absolute atomic E-state index is 0.0635. The Morgan fingerprint density at radius 3 is 2.89 bits per heavy atom. The van der Waals surface area contributed by atoms with E-state index in [0.717, 1.165) is 15.8 Å². The Morgan fingerprint density at radius 2 is 2.21 bits per heavy atom. The second-order valence-electron chi connectivity index (χ2n) is 4.99. The first-order chi connectivity index (χ1) is 9.06. The Kier molecular flexibility index (Phi) is 7.60. The molecule has 0 saturated carbocycles. The van der Waals surface area contributed by atoms with E-state index in [9.17, 15) is 4.79 Å². The van der Waals surface area contributed by atoms with E-state index in [1.54, 1.807) is 10.9 Å². The van der Waals surface area contributed by atoms with Crippen molar-refractivity contribution in [3.05, 3.63) is 25.9 Å². The minimum atomic E-state index is 0.0635. The molecule has 0 aliphatic rings. The maximum atomic E-state index is 12.0. The molecular formula is C14H24IN3O. The Morgan fingerprint density at radius 1 is 1.47 bits per heavy atom. The van der Waals surface area contributed by atoms with Crippen LogP contribution in [0.2, 0.25) is 0 Å². The van der Waals surface area contributed by atoms with Gasteiger partial charge in [-0.3, -0.25) is 9.36 Å². The molecule has 19 heavy (non-hydrogen) atoms. The summed E-state index contributed by atoms with van der Waals surface area (Å²) in [6, 6.07) is 0.514. The van der Waals surface area contributed by atoms with E-state index in [0.29, 0.717) is 12.6 Å². The van der Waals surface area contributed by atoms with Crippen molar-refractivity contribution < 1.29 is 0 Å². The average molecular weight is 377 g/mol. The zero-order valence-corrected chi connectivity index (χ0v) is 14.2. The Labute approximate surface area is 129 Å². The summed E-state index contributed by atoms with van der Waals surface area (Å²) in [7, 11) is 0. The number of rotatable bonds is 8. The van der Waals surface area contributed by atoms with Crippen molar-refractivity contribution in [2.24, 2.45) is 0 Å². The predicted molar refractivity (Wildman–Crippen MR) is 87.6 cm³/mol. The molecule has 0 aliphatic carbocycles. The SMILES string of the molecule is CCCCCC(C)NCCn1cnc(C)c(I)c1=O. The van der Waals surface area contributed by atoms with Crippen LogP contribution in [0.4, 0.5) is 0 Å². The summed E-state index contributed by atoms with van der Waals surface area (Å²) in [5.74, 6) is 0. The maximum absolute atomic E-state index is 12.0. The normalized spacial score (nSPS) is 12.6. The second kappa shape index (κ2) is 8.68. The molecule has 0 bridgehead atoms. The number of halogens is 1. The molecule has 0 spiro atoms. The minimum Gasteiger partial charge on any atom is -0.312 e. The van der Waals surface area contributed by atoms with E-state index >= 15 is 0 Å². The molecule has 0 aliphatic heterocycles. The van der Waals surface area contributed by atoms with Crippen LogP contribution in [0.1, 0.15) is 45.2 Å². The monoisotopic (exact) mass is 377 g/mol. The first kappa shape index (κ1) is 16.6. The Bertz CT molecular complexity index is 445. The largest absolute Gasteiger partial charge is 0.312 e. The average Bonchev–Trinajstić information content (AvgIpc) is 2.39. The molecule has 1 heterocycles. The summed E-state index contributed by atoms with van der Waals surface area (Å²) < 4.78 is 2.40. The zero-order valence-electron chi connectivity index (χ0n) is 12.1. The van der Waals surface area contributed by atoms with E-state index in [1.807, 2.05) is 6.92 Å². The van der Waals surface area contributed by atoms with Gasteiger partial charge in [-0.05, 0) is 42.9 Å². The lowest BCUT2D eigenvalue weighted by atomic mass is 10.1. The van der Waals surface area contributed by atoms with Gasteiger partial charge in [0, 0.05) is 19.1 Å². The highest BCUT2D eigenvalue weighted by molar-refractivity contribution is 14.1. The topological polar surface area (TPSA) is 46.9 Å². The molecule has 1 aromatic heterocycles. The predicted octanol–water partition coefficient (Wildman–Crippen LogP) is 2.71. The van der Waals surface area contributed by atoms with Gasteiger partial charge in [-0.2, -0.15) is 0 Å². The molecule has 1 unspecified atom stereocenters. The third kappa shape index (κ3) is 5.60. The van der Waals surface area contributed by atoms with Crippen molar-refractivity contribution in [3.63, 3.8) is 0 Å². The highest BCUT2D eigenvalue weighted by Crippen LogP contribution is 2.03. The van der Waals surface area contributed by atoms with Crippen molar-refractivity contribution >= 4 is 22.6 Å².